The van der Waals surface area contributed by atoms with Crippen LogP contribution in [0.2, 0.25) is 5.02 Å². The Kier molecular flexibility index (Phi) is 3.45. The molecule has 15 heavy (non-hydrogen) atoms. The smallest absolute Gasteiger partial charge is 0.294 e. The summed E-state index contributed by atoms with van der Waals surface area (Å²) in [4.78, 5) is 11.1. The first-order valence-corrected chi connectivity index (χ1v) is 4.97. The maximum Gasteiger partial charge on any atom is 0.417 e. The van der Waals surface area contributed by atoms with Crippen molar-refractivity contribution in [2.45, 2.75) is 13.1 Å². The van der Waals surface area contributed by atoms with E-state index in [9.17, 15) is 18.0 Å². The molecule has 0 aliphatic heterocycles. The van der Waals surface area contributed by atoms with Gasteiger partial charge in [0.2, 0.25) is 0 Å². The molecule has 0 amide bonds. The molecule has 1 aromatic rings. The molecule has 1 nitrogen and oxygen atoms in total. The van der Waals surface area contributed by atoms with Crippen LogP contribution in [-0.4, -0.2) is 5.78 Å². The normalized spacial score (nSPS) is 11.6. The fourth-order valence-electron chi connectivity index (χ4n) is 1.15. The van der Waals surface area contributed by atoms with Crippen LogP contribution >= 0.6 is 27.5 Å². The van der Waals surface area contributed by atoms with Gasteiger partial charge in [0.25, 0.3) is 0 Å². The zero-order valence-electron chi connectivity index (χ0n) is 7.45. The van der Waals surface area contributed by atoms with Gasteiger partial charge in [0, 0.05) is 15.1 Å². The Balaban J connectivity index is 3.54. The van der Waals surface area contributed by atoms with Crippen LogP contribution < -0.4 is 0 Å². The molecule has 0 aliphatic rings. The van der Waals surface area contributed by atoms with E-state index in [2.05, 4.69) is 15.9 Å². The Morgan fingerprint density at radius 3 is 2.33 bits per heavy atom. The molecule has 0 N–H and O–H groups in total. The topological polar surface area (TPSA) is 17.1 Å². The van der Waals surface area contributed by atoms with Gasteiger partial charge in [-0.15, -0.1) is 0 Å². The summed E-state index contributed by atoms with van der Waals surface area (Å²) in [5, 5.41) is -0.0702. The third-order valence-electron chi connectivity index (χ3n) is 1.71. The van der Waals surface area contributed by atoms with Crippen LogP contribution in [0.15, 0.2) is 16.6 Å². The molecule has 6 heteroatoms. The van der Waals surface area contributed by atoms with Gasteiger partial charge in [-0.1, -0.05) is 11.6 Å². The molecule has 82 valence electrons. The zero-order chi connectivity index (χ0) is 11.8. The van der Waals surface area contributed by atoms with Crippen molar-refractivity contribution in [3.63, 3.8) is 0 Å². The number of carbonyl (C=O) groups excluding carboxylic acids is 1. The second-order valence-corrected chi connectivity index (χ2v) is 4.15. The summed E-state index contributed by atoms with van der Waals surface area (Å²) in [6.07, 6.45) is -4.59. The molecule has 0 atom stereocenters. The quantitative estimate of drug-likeness (QED) is 0.706. The number of rotatable bonds is 1. The molecule has 0 aliphatic carbocycles. The van der Waals surface area contributed by atoms with Gasteiger partial charge in [0.1, 0.15) is 0 Å². The summed E-state index contributed by atoms with van der Waals surface area (Å²) < 4.78 is 37.7. The van der Waals surface area contributed by atoms with Crippen molar-refractivity contribution in [2.75, 3.05) is 0 Å². The standard InChI is InChI=1S/C9H5BrClF3O/c1-4(15)8-6(9(12,13)14)2-5(11)3-7(8)10/h2-3H,1H3. The maximum atomic E-state index is 12.5. The first-order valence-electron chi connectivity index (χ1n) is 3.80. The van der Waals surface area contributed by atoms with E-state index in [0.29, 0.717) is 0 Å². The molecular weight excluding hydrogens is 296 g/mol. The Hall–Kier alpha value is -0.550. The van der Waals surface area contributed by atoms with E-state index in [0.717, 1.165) is 13.0 Å². The molecular formula is C9H5BrClF3O. The van der Waals surface area contributed by atoms with Gasteiger partial charge >= 0.3 is 6.18 Å². The Morgan fingerprint density at radius 1 is 1.40 bits per heavy atom. The lowest BCUT2D eigenvalue weighted by atomic mass is 10.0. The zero-order valence-corrected chi connectivity index (χ0v) is 9.79. The summed E-state index contributed by atoms with van der Waals surface area (Å²) in [6.45, 7) is 1.07. The van der Waals surface area contributed by atoms with E-state index in [1.807, 2.05) is 0 Å². The fraction of sp³-hybridized carbons (Fsp3) is 0.222. The summed E-state index contributed by atoms with van der Waals surface area (Å²) in [5.74, 6) is -0.661. The van der Waals surface area contributed by atoms with Gasteiger partial charge in [-0.25, -0.2) is 0 Å². The molecule has 0 saturated heterocycles. The highest BCUT2D eigenvalue weighted by molar-refractivity contribution is 9.10. The summed E-state index contributed by atoms with van der Waals surface area (Å²) in [7, 11) is 0. The van der Waals surface area contributed by atoms with E-state index in [1.54, 1.807) is 0 Å². The Bertz CT molecular complexity index is 415. The van der Waals surface area contributed by atoms with Crippen molar-refractivity contribution in [3.05, 3.63) is 32.8 Å². The van der Waals surface area contributed by atoms with Crippen LogP contribution in [-0.2, 0) is 6.18 Å². The van der Waals surface area contributed by atoms with Crippen molar-refractivity contribution >= 4 is 33.3 Å². The van der Waals surface area contributed by atoms with Gasteiger partial charge in [-0.05, 0) is 35.0 Å². The molecule has 0 fully saturated rings. The lowest BCUT2D eigenvalue weighted by Gasteiger charge is -2.12. The van der Waals surface area contributed by atoms with Crippen molar-refractivity contribution in [1.82, 2.24) is 0 Å². The number of benzene rings is 1. The third kappa shape index (κ3) is 2.72. The lowest BCUT2D eigenvalue weighted by Crippen LogP contribution is -2.12. The first kappa shape index (κ1) is 12.5. The van der Waals surface area contributed by atoms with Crippen molar-refractivity contribution in [1.29, 1.82) is 0 Å². The number of hydrogen-bond donors (Lipinski definition) is 0. The highest BCUT2D eigenvalue weighted by atomic mass is 79.9. The largest absolute Gasteiger partial charge is 0.417 e. The number of halogens is 5. The number of carbonyl (C=O) groups is 1. The predicted molar refractivity (Wildman–Crippen MR) is 54.2 cm³/mol. The predicted octanol–water partition coefficient (Wildman–Crippen LogP) is 4.32. The third-order valence-corrected chi connectivity index (χ3v) is 2.56. The second-order valence-electron chi connectivity index (χ2n) is 2.86. The van der Waals surface area contributed by atoms with Crippen molar-refractivity contribution in [2.24, 2.45) is 0 Å². The fourth-order valence-corrected chi connectivity index (χ4v) is 2.24. The molecule has 0 saturated carbocycles. The van der Waals surface area contributed by atoms with E-state index in [4.69, 9.17) is 11.6 Å². The monoisotopic (exact) mass is 300 g/mol. The van der Waals surface area contributed by atoms with E-state index in [-0.39, 0.29) is 9.50 Å². The molecule has 1 rings (SSSR count). The van der Waals surface area contributed by atoms with E-state index >= 15 is 0 Å². The molecule has 0 bridgehead atoms. The van der Waals surface area contributed by atoms with Crippen molar-refractivity contribution < 1.29 is 18.0 Å². The van der Waals surface area contributed by atoms with Gasteiger partial charge in [-0.2, -0.15) is 13.2 Å². The van der Waals surface area contributed by atoms with Gasteiger partial charge in [0.05, 0.1) is 5.56 Å². The van der Waals surface area contributed by atoms with E-state index in [1.165, 1.54) is 6.07 Å². The van der Waals surface area contributed by atoms with Crippen LogP contribution in [0, 0.1) is 0 Å². The molecule has 0 spiro atoms. The highest BCUT2D eigenvalue weighted by Gasteiger charge is 2.35. The van der Waals surface area contributed by atoms with Gasteiger partial charge in [-0.3, -0.25) is 4.79 Å². The molecule has 0 aromatic heterocycles. The molecule has 0 heterocycles. The minimum absolute atomic E-state index is 0.0508. The Labute approximate surface area is 97.4 Å². The lowest BCUT2D eigenvalue weighted by molar-refractivity contribution is -0.137. The van der Waals surface area contributed by atoms with Crippen LogP contribution in [0.1, 0.15) is 22.8 Å². The van der Waals surface area contributed by atoms with Crippen LogP contribution in [0.3, 0.4) is 0 Å². The SMILES string of the molecule is CC(=O)c1c(Br)cc(Cl)cc1C(F)(F)F. The minimum Gasteiger partial charge on any atom is -0.294 e. The summed E-state index contributed by atoms with van der Waals surface area (Å²) in [6, 6.07) is 2.00. The average Bonchev–Trinajstić information content (AvgIpc) is 1.99. The Morgan fingerprint density at radius 2 is 1.93 bits per heavy atom. The minimum atomic E-state index is -4.59. The molecule has 0 unspecified atom stereocenters. The van der Waals surface area contributed by atoms with Crippen LogP contribution in [0.5, 0.6) is 0 Å². The van der Waals surface area contributed by atoms with Crippen LogP contribution in [0.4, 0.5) is 13.2 Å². The number of alkyl halides is 3. The number of Topliss-reactive ketones (excluding diaryl/α,β-unsaturated/α-hetero) is 1. The van der Waals surface area contributed by atoms with E-state index < -0.39 is 23.1 Å². The average molecular weight is 301 g/mol. The highest BCUT2D eigenvalue weighted by Crippen LogP contribution is 2.37. The molecule has 0 radical (unpaired) electrons. The van der Waals surface area contributed by atoms with Gasteiger partial charge < -0.3 is 0 Å². The maximum absolute atomic E-state index is 12.5. The van der Waals surface area contributed by atoms with Crippen LogP contribution in [0.25, 0.3) is 0 Å². The van der Waals surface area contributed by atoms with Gasteiger partial charge in [0.15, 0.2) is 5.78 Å². The second kappa shape index (κ2) is 4.14. The number of ketones is 1. The number of hydrogen-bond acceptors (Lipinski definition) is 1. The first-order chi connectivity index (χ1) is 6.73. The summed E-state index contributed by atoms with van der Waals surface area (Å²) in [5.41, 5.74) is -1.42. The van der Waals surface area contributed by atoms with Crippen molar-refractivity contribution in [3.8, 4) is 0 Å². The summed E-state index contributed by atoms with van der Waals surface area (Å²) >= 11 is 8.38. The molecule has 1 aromatic carbocycles.